The average Bonchev–Trinajstić information content (AvgIpc) is 1.94. The van der Waals surface area contributed by atoms with Crippen molar-refractivity contribution in [2.45, 2.75) is 6.92 Å². The van der Waals surface area contributed by atoms with Gasteiger partial charge in [-0.15, -0.1) is 0 Å². The summed E-state index contributed by atoms with van der Waals surface area (Å²) in [5, 5.41) is 9.21. The van der Waals surface area contributed by atoms with Crippen molar-refractivity contribution in [2.75, 3.05) is 19.0 Å². The number of benzene rings is 1. The Balaban J connectivity index is 3.05. The van der Waals surface area contributed by atoms with Gasteiger partial charge in [0.2, 0.25) is 0 Å². The summed E-state index contributed by atoms with van der Waals surface area (Å²) < 4.78 is 0. The zero-order valence-electron chi connectivity index (χ0n) is 7.13. The van der Waals surface area contributed by atoms with Crippen molar-refractivity contribution in [1.82, 2.24) is 0 Å². The molecule has 0 amide bonds. The van der Waals surface area contributed by atoms with E-state index in [4.69, 9.17) is 0 Å². The first-order valence-corrected chi connectivity index (χ1v) is 3.58. The highest BCUT2D eigenvalue weighted by atomic mass is 16.3. The summed E-state index contributed by atoms with van der Waals surface area (Å²) in [5.74, 6) is 0.357. The van der Waals surface area contributed by atoms with Crippen molar-refractivity contribution >= 4 is 5.69 Å². The lowest BCUT2D eigenvalue weighted by Crippen LogP contribution is -2.08. The van der Waals surface area contributed by atoms with Crippen LogP contribution in [-0.2, 0) is 0 Å². The fraction of sp³-hybridized carbons (Fsp3) is 0.333. The van der Waals surface area contributed by atoms with Gasteiger partial charge in [-0.1, -0.05) is 0 Å². The Hall–Kier alpha value is -1.18. The van der Waals surface area contributed by atoms with Gasteiger partial charge in [0.15, 0.2) is 0 Å². The highest BCUT2D eigenvalue weighted by molar-refractivity contribution is 5.51. The maximum atomic E-state index is 9.21. The van der Waals surface area contributed by atoms with Crippen LogP contribution in [0.1, 0.15) is 5.56 Å². The van der Waals surface area contributed by atoms with Gasteiger partial charge in [0, 0.05) is 19.8 Å². The molecule has 0 bridgehead atoms. The van der Waals surface area contributed by atoms with Crippen molar-refractivity contribution in [2.24, 2.45) is 0 Å². The Bertz CT molecular complexity index is 256. The van der Waals surface area contributed by atoms with Crippen LogP contribution in [0.2, 0.25) is 0 Å². The lowest BCUT2D eigenvalue weighted by Gasteiger charge is -2.12. The molecule has 0 saturated carbocycles. The highest BCUT2D eigenvalue weighted by Crippen LogP contribution is 2.21. The summed E-state index contributed by atoms with van der Waals surface area (Å²) in [6, 6.07) is 5.56. The summed E-state index contributed by atoms with van der Waals surface area (Å²) in [6.07, 6.45) is 0. The standard InChI is InChI=1S/C9H13NO/c1-7-6-8(10(2)3)4-5-9(7)11/h4-6,11H,1-3H3. The zero-order chi connectivity index (χ0) is 8.43. The number of hydrogen-bond acceptors (Lipinski definition) is 2. The molecule has 0 atom stereocenters. The summed E-state index contributed by atoms with van der Waals surface area (Å²) in [7, 11) is 3.96. The molecule has 0 unspecified atom stereocenters. The monoisotopic (exact) mass is 151 g/mol. The third-order valence-electron chi connectivity index (χ3n) is 1.70. The van der Waals surface area contributed by atoms with E-state index < -0.39 is 0 Å². The number of rotatable bonds is 1. The third kappa shape index (κ3) is 1.64. The molecule has 0 saturated heterocycles. The molecule has 1 rings (SSSR count). The molecule has 0 fully saturated rings. The third-order valence-corrected chi connectivity index (χ3v) is 1.70. The first-order valence-electron chi connectivity index (χ1n) is 3.58. The van der Waals surface area contributed by atoms with E-state index in [9.17, 15) is 5.11 Å². The Morgan fingerprint density at radius 1 is 1.27 bits per heavy atom. The summed E-state index contributed by atoms with van der Waals surface area (Å²) >= 11 is 0. The molecule has 2 nitrogen and oxygen atoms in total. The molecule has 2 heteroatoms. The SMILES string of the molecule is Cc1cc(N(C)C)ccc1O. The molecule has 0 spiro atoms. The molecule has 60 valence electrons. The molecule has 11 heavy (non-hydrogen) atoms. The maximum Gasteiger partial charge on any atom is 0.118 e. The lowest BCUT2D eigenvalue weighted by molar-refractivity contribution is 0.471. The van der Waals surface area contributed by atoms with Crippen LogP contribution in [0, 0.1) is 6.92 Å². The number of anilines is 1. The number of aromatic hydroxyl groups is 1. The number of phenolic OH excluding ortho intramolecular Hbond substituents is 1. The molecule has 1 aromatic carbocycles. The van der Waals surface area contributed by atoms with Gasteiger partial charge in [0.1, 0.15) is 5.75 Å². The van der Waals surface area contributed by atoms with Gasteiger partial charge in [-0.2, -0.15) is 0 Å². The Kier molecular flexibility index (Phi) is 2.03. The normalized spacial score (nSPS) is 9.73. The van der Waals surface area contributed by atoms with Crippen molar-refractivity contribution < 1.29 is 5.11 Å². The second-order valence-corrected chi connectivity index (χ2v) is 2.87. The Morgan fingerprint density at radius 3 is 2.36 bits per heavy atom. The van der Waals surface area contributed by atoms with E-state index in [0.717, 1.165) is 11.3 Å². The largest absolute Gasteiger partial charge is 0.508 e. The van der Waals surface area contributed by atoms with Crippen molar-refractivity contribution in [3.8, 4) is 5.75 Å². The first-order chi connectivity index (χ1) is 5.11. The van der Waals surface area contributed by atoms with Crippen LogP contribution in [0.15, 0.2) is 18.2 Å². The predicted octanol–water partition coefficient (Wildman–Crippen LogP) is 1.77. The van der Waals surface area contributed by atoms with Gasteiger partial charge in [-0.3, -0.25) is 0 Å². The second-order valence-electron chi connectivity index (χ2n) is 2.87. The average molecular weight is 151 g/mol. The lowest BCUT2D eigenvalue weighted by atomic mass is 10.2. The van der Waals surface area contributed by atoms with Crippen LogP contribution in [-0.4, -0.2) is 19.2 Å². The fourth-order valence-corrected chi connectivity index (χ4v) is 0.918. The minimum absolute atomic E-state index is 0.357. The number of aryl methyl sites for hydroxylation is 1. The quantitative estimate of drug-likeness (QED) is 0.661. The van der Waals surface area contributed by atoms with Crippen LogP contribution in [0.5, 0.6) is 5.75 Å². The molecular weight excluding hydrogens is 138 g/mol. The highest BCUT2D eigenvalue weighted by Gasteiger charge is 1.98. The van der Waals surface area contributed by atoms with E-state index in [1.54, 1.807) is 6.07 Å². The molecule has 0 aliphatic heterocycles. The Morgan fingerprint density at radius 2 is 1.91 bits per heavy atom. The molecule has 0 aromatic heterocycles. The van der Waals surface area contributed by atoms with E-state index in [2.05, 4.69) is 0 Å². The van der Waals surface area contributed by atoms with Crippen LogP contribution >= 0.6 is 0 Å². The van der Waals surface area contributed by atoms with Crippen LogP contribution < -0.4 is 4.90 Å². The van der Waals surface area contributed by atoms with Gasteiger partial charge in [0.25, 0.3) is 0 Å². The smallest absolute Gasteiger partial charge is 0.118 e. The minimum atomic E-state index is 0.357. The molecule has 1 N–H and O–H groups in total. The van der Waals surface area contributed by atoms with Crippen molar-refractivity contribution in [1.29, 1.82) is 0 Å². The van der Waals surface area contributed by atoms with Gasteiger partial charge in [0.05, 0.1) is 0 Å². The van der Waals surface area contributed by atoms with Crippen LogP contribution in [0.3, 0.4) is 0 Å². The topological polar surface area (TPSA) is 23.5 Å². The van der Waals surface area contributed by atoms with E-state index in [1.807, 2.05) is 38.1 Å². The number of hydrogen-bond donors (Lipinski definition) is 1. The molecule has 0 aliphatic carbocycles. The molecule has 0 radical (unpaired) electrons. The van der Waals surface area contributed by atoms with Gasteiger partial charge in [-0.05, 0) is 30.7 Å². The Labute approximate surface area is 67.1 Å². The molecule has 0 aliphatic rings. The van der Waals surface area contributed by atoms with Crippen molar-refractivity contribution in [3.63, 3.8) is 0 Å². The summed E-state index contributed by atoms with van der Waals surface area (Å²) in [5.41, 5.74) is 2.02. The zero-order valence-corrected chi connectivity index (χ0v) is 7.13. The first kappa shape index (κ1) is 7.92. The summed E-state index contributed by atoms with van der Waals surface area (Å²) in [6.45, 7) is 1.89. The second kappa shape index (κ2) is 2.82. The van der Waals surface area contributed by atoms with E-state index in [1.165, 1.54) is 0 Å². The van der Waals surface area contributed by atoms with Crippen molar-refractivity contribution in [3.05, 3.63) is 23.8 Å². The minimum Gasteiger partial charge on any atom is -0.508 e. The van der Waals surface area contributed by atoms with E-state index in [0.29, 0.717) is 5.75 Å². The fourth-order valence-electron chi connectivity index (χ4n) is 0.918. The molecular formula is C9H13NO. The maximum absolute atomic E-state index is 9.21. The van der Waals surface area contributed by atoms with E-state index in [-0.39, 0.29) is 0 Å². The van der Waals surface area contributed by atoms with Gasteiger partial charge in [-0.25, -0.2) is 0 Å². The number of phenols is 1. The summed E-state index contributed by atoms with van der Waals surface area (Å²) in [4.78, 5) is 2.01. The molecule has 1 aromatic rings. The molecule has 0 heterocycles. The van der Waals surface area contributed by atoms with Crippen LogP contribution in [0.25, 0.3) is 0 Å². The predicted molar refractivity (Wildman–Crippen MR) is 47.2 cm³/mol. The van der Waals surface area contributed by atoms with Crippen LogP contribution in [0.4, 0.5) is 5.69 Å². The number of nitrogens with zero attached hydrogens (tertiary/aromatic N) is 1. The van der Waals surface area contributed by atoms with Gasteiger partial charge >= 0.3 is 0 Å². The van der Waals surface area contributed by atoms with E-state index >= 15 is 0 Å². The van der Waals surface area contributed by atoms with Gasteiger partial charge < -0.3 is 10.0 Å².